The summed E-state index contributed by atoms with van der Waals surface area (Å²) in [4.78, 5) is 27.7. The third-order valence-electron chi connectivity index (χ3n) is 3.74. The molecular weight excluding hydrogens is 330 g/mol. The fraction of sp³-hybridized carbons (Fsp3) is 0.357. The van der Waals surface area contributed by atoms with Gasteiger partial charge >= 0.3 is 0 Å². The highest BCUT2D eigenvalue weighted by Crippen LogP contribution is 2.14. The molecule has 124 valence electrons. The minimum atomic E-state index is -0.244. The van der Waals surface area contributed by atoms with E-state index in [2.05, 4.69) is 30.3 Å². The van der Waals surface area contributed by atoms with E-state index in [0.29, 0.717) is 25.5 Å². The Hall–Kier alpha value is -2.59. The number of nitrogens with zero attached hydrogens (tertiary/aromatic N) is 6. The van der Waals surface area contributed by atoms with Crippen LogP contribution < -0.4 is 10.2 Å². The Labute approximate surface area is 141 Å². The predicted molar refractivity (Wildman–Crippen MR) is 87.1 cm³/mol. The summed E-state index contributed by atoms with van der Waals surface area (Å²) in [6.45, 7) is 3.21. The first-order valence-corrected chi connectivity index (χ1v) is 8.38. The maximum absolute atomic E-state index is 12.4. The predicted octanol–water partition coefficient (Wildman–Crippen LogP) is 0.347. The Morgan fingerprint density at radius 2 is 2.12 bits per heavy atom. The van der Waals surface area contributed by atoms with Gasteiger partial charge in [0.05, 0.1) is 25.5 Å². The van der Waals surface area contributed by atoms with Crippen LogP contribution in [0.2, 0.25) is 0 Å². The molecule has 4 rings (SSSR count). The molecule has 0 atom stereocenters. The Balaban J connectivity index is 1.45. The van der Waals surface area contributed by atoms with Crippen molar-refractivity contribution < 1.29 is 9.53 Å². The molecular formula is C14H15N7O2S. The van der Waals surface area contributed by atoms with Gasteiger partial charge in [-0.15, -0.1) is 11.3 Å². The molecule has 0 bridgehead atoms. The summed E-state index contributed by atoms with van der Waals surface area (Å²) in [5.41, 5.74) is 1.22. The minimum Gasteiger partial charge on any atom is -0.378 e. The summed E-state index contributed by atoms with van der Waals surface area (Å²) in [6.07, 6.45) is 2.91. The molecule has 10 heteroatoms. The Morgan fingerprint density at radius 1 is 1.25 bits per heavy atom. The lowest BCUT2D eigenvalue weighted by atomic mass is 10.3. The van der Waals surface area contributed by atoms with Gasteiger partial charge in [-0.05, 0) is 0 Å². The number of ether oxygens (including phenoxy) is 1. The molecule has 1 saturated heterocycles. The summed E-state index contributed by atoms with van der Waals surface area (Å²) in [5.74, 6) is 0.499. The second kappa shape index (κ2) is 6.49. The van der Waals surface area contributed by atoms with E-state index >= 15 is 0 Å². The van der Waals surface area contributed by atoms with E-state index in [1.165, 1.54) is 24.0 Å². The number of fused-ring (bicyclic) bond motifs is 1. The first kappa shape index (κ1) is 15.0. The maximum atomic E-state index is 12.4. The van der Waals surface area contributed by atoms with E-state index in [1.807, 2.05) is 5.38 Å². The van der Waals surface area contributed by atoms with Crippen molar-refractivity contribution in [3.8, 4) is 0 Å². The molecule has 9 nitrogen and oxygen atoms in total. The third-order valence-corrected chi connectivity index (χ3v) is 4.62. The van der Waals surface area contributed by atoms with Crippen LogP contribution in [0.25, 0.3) is 4.96 Å². The number of carbonyl (C=O) groups is 1. The van der Waals surface area contributed by atoms with Gasteiger partial charge in [0.25, 0.3) is 5.91 Å². The lowest BCUT2D eigenvalue weighted by molar-refractivity contribution is 0.0945. The molecule has 0 spiro atoms. The van der Waals surface area contributed by atoms with Crippen LogP contribution in [0.5, 0.6) is 0 Å². The molecule has 0 saturated carbocycles. The van der Waals surface area contributed by atoms with Crippen molar-refractivity contribution in [3.05, 3.63) is 35.5 Å². The number of hydrogen-bond donors (Lipinski definition) is 1. The van der Waals surface area contributed by atoms with Crippen molar-refractivity contribution in [3.63, 3.8) is 0 Å². The highest BCUT2D eigenvalue weighted by molar-refractivity contribution is 7.15. The van der Waals surface area contributed by atoms with Gasteiger partial charge in [-0.2, -0.15) is 5.10 Å². The number of anilines is 1. The zero-order chi connectivity index (χ0) is 16.4. The second-order valence-corrected chi connectivity index (χ2v) is 6.06. The van der Waals surface area contributed by atoms with Gasteiger partial charge in [0, 0.05) is 24.5 Å². The summed E-state index contributed by atoms with van der Waals surface area (Å²) in [7, 11) is 0. The topological polar surface area (TPSA) is 97.5 Å². The molecule has 3 aromatic rings. The maximum Gasteiger partial charge on any atom is 0.270 e. The lowest BCUT2D eigenvalue weighted by Gasteiger charge is -2.27. The quantitative estimate of drug-likeness (QED) is 0.728. The monoisotopic (exact) mass is 345 g/mol. The van der Waals surface area contributed by atoms with Crippen LogP contribution in [0.3, 0.4) is 0 Å². The molecule has 0 unspecified atom stereocenters. The van der Waals surface area contributed by atoms with Crippen LogP contribution in [0.15, 0.2) is 24.1 Å². The second-order valence-electron chi connectivity index (χ2n) is 5.23. The van der Waals surface area contributed by atoms with Crippen molar-refractivity contribution in [2.24, 2.45) is 0 Å². The molecule has 0 aliphatic carbocycles. The van der Waals surface area contributed by atoms with Crippen molar-refractivity contribution in [2.75, 3.05) is 31.2 Å². The number of thiazole rings is 1. The smallest absolute Gasteiger partial charge is 0.270 e. The summed E-state index contributed by atoms with van der Waals surface area (Å²) in [5, 5.41) is 8.91. The first-order chi connectivity index (χ1) is 11.8. The molecule has 24 heavy (non-hydrogen) atoms. The summed E-state index contributed by atoms with van der Waals surface area (Å²) < 4.78 is 7.04. The average Bonchev–Trinajstić information content (AvgIpc) is 3.25. The highest BCUT2D eigenvalue weighted by atomic mass is 32.1. The van der Waals surface area contributed by atoms with Gasteiger partial charge in [0.2, 0.25) is 4.96 Å². The number of carbonyl (C=O) groups excluding carboxylic acids is 1. The van der Waals surface area contributed by atoms with Crippen LogP contribution in [0, 0.1) is 0 Å². The van der Waals surface area contributed by atoms with E-state index in [0.717, 1.165) is 29.6 Å². The number of rotatable bonds is 4. The molecule has 1 N–H and O–H groups in total. The summed E-state index contributed by atoms with van der Waals surface area (Å²) in [6, 6.07) is 1.71. The molecule has 3 aromatic heterocycles. The fourth-order valence-corrected chi connectivity index (χ4v) is 3.29. The van der Waals surface area contributed by atoms with E-state index in [9.17, 15) is 4.79 Å². The number of amides is 1. The van der Waals surface area contributed by atoms with Gasteiger partial charge in [0.1, 0.15) is 24.2 Å². The van der Waals surface area contributed by atoms with Crippen LogP contribution >= 0.6 is 11.3 Å². The van der Waals surface area contributed by atoms with Crippen LogP contribution in [-0.4, -0.2) is 56.8 Å². The van der Waals surface area contributed by atoms with Gasteiger partial charge in [0.15, 0.2) is 0 Å². The Kier molecular flexibility index (Phi) is 4.05. The number of nitrogens with one attached hydrogen (secondary N) is 1. The third kappa shape index (κ3) is 2.93. The van der Waals surface area contributed by atoms with Crippen LogP contribution in [-0.2, 0) is 11.3 Å². The highest BCUT2D eigenvalue weighted by Gasteiger charge is 2.16. The Bertz CT molecular complexity index is 856. The lowest BCUT2D eigenvalue weighted by Crippen LogP contribution is -2.37. The molecule has 1 amide bonds. The van der Waals surface area contributed by atoms with Gasteiger partial charge in [-0.1, -0.05) is 0 Å². The molecule has 1 aliphatic rings. The molecule has 0 aromatic carbocycles. The van der Waals surface area contributed by atoms with E-state index < -0.39 is 0 Å². The van der Waals surface area contributed by atoms with Crippen molar-refractivity contribution in [1.29, 1.82) is 0 Å². The first-order valence-electron chi connectivity index (χ1n) is 7.50. The van der Waals surface area contributed by atoms with Crippen molar-refractivity contribution in [2.45, 2.75) is 6.54 Å². The molecule has 1 fully saturated rings. The van der Waals surface area contributed by atoms with Crippen molar-refractivity contribution >= 4 is 28.0 Å². The normalized spacial score (nSPS) is 14.9. The number of morpholine rings is 1. The zero-order valence-electron chi connectivity index (χ0n) is 12.8. The van der Waals surface area contributed by atoms with Gasteiger partial charge in [-0.3, -0.25) is 4.79 Å². The molecule has 4 heterocycles. The number of aromatic nitrogens is 5. The van der Waals surface area contributed by atoms with Crippen LogP contribution in [0.1, 0.15) is 16.2 Å². The van der Waals surface area contributed by atoms with Gasteiger partial charge < -0.3 is 15.0 Å². The van der Waals surface area contributed by atoms with Crippen LogP contribution in [0.4, 0.5) is 5.82 Å². The SMILES string of the molecule is O=C(NCc1csc2ncnn12)c1cc(N2CCOCC2)ncn1. The molecule has 0 radical (unpaired) electrons. The van der Waals surface area contributed by atoms with E-state index in [-0.39, 0.29) is 5.91 Å². The van der Waals surface area contributed by atoms with E-state index in [1.54, 1.807) is 10.6 Å². The van der Waals surface area contributed by atoms with E-state index in [4.69, 9.17) is 4.74 Å². The minimum absolute atomic E-state index is 0.244. The fourth-order valence-electron chi connectivity index (χ4n) is 2.49. The van der Waals surface area contributed by atoms with Crippen molar-refractivity contribution in [1.82, 2.24) is 29.9 Å². The largest absolute Gasteiger partial charge is 0.378 e. The van der Waals surface area contributed by atoms with Gasteiger partial charge in [-0.25, -0.2) is 19.5 Å². The Morgan fingerprint density at radius 3 is 3.00 bits per heavy atom. The molecule has 1 aliphatic heterocycles. The average molecular weight is 345 g/mol. The zero-order valence-corrected chi connectivity index (χ0v) is 13.6. The standard InChI is InChI=1S/C14H15N7O2S/c22-13(15-6-10-7-24-14-18-9-19-21(10)14)11-5-12(17-8-16-11)20-1-3-23-4-2-20/h5,7-9H,1-4,6H2,(H,15,22). The summed E-state index contributed by atoms with van der Waals surface area (Å²) >= 11 is 1.48. The number of hydrogen-bond acceptors (Lipinski definition) is 8.